The van der Waals surface area contributed by atoms with Crippen molar-refractivity contribution in [2.24, 2.45) is 0 Å². The van der Waals surface area contributed by atoms with Crippen molar-refractivity contribution in [2.45, 2.75) is 6.61 Å². The van der Waals surface area contributed by atoms with Crippen molar-refractivity contribution in [3.63, 3.8) is 0 Å². The molecule has 0 radical (unpaired) electrons. The Morgan fingerprint density at radius 2 is 1.43 bits per heavy atom. The molecule has 0 saturated carbocycles. The molecule has 21 heavy (non-hydrogen) atoms. The highest BCUT2D eigenvalue weighted by molar-refractivity contribution is 6.31. The first-order chi connectivity index (χ1) is 10.0. The van der Waals surface area contributed by atoms with E-state index in [9.17, 15) is 9.59 Å². The Hall–Kier alpha value is -1.88. The van der Waals surface area contributed by atoms with Crippen molar-refractivity contribution < 1.29 is 19.8 Å². The summed E-state index contributed by atoms with van der Waals surface area (Å²) in [5, 5.41) is 18.6. The highest BCUT2D eigenvalue weighted by Gasteiger charge is 2.00. The summed E-state index contributed by atoms with van der Waals surface area (Å²) >= 11 is 11.1. The first kappa shape index (κ1) is 17.2. The molecule has 0 unspecified atom stereocenters. The number of aliphatic hydroxyl groups excluding tert-OH is 1. The predicted molar refractivity (Wildman–Crippen MR) is 81.3 cm³/mol. The number of hydrogen-bond donors (Lipinski definition) is 2. The van der Waals surface area contributed by atoms with Crippen LogP contribution in [0.2, 0.25) is 10.0 Å². The van der Waals surface area contributed by atoms with Gasteiger partial charge in [0.05, 0.1) is 12.2 Å². The second-order valence-electron chi connectivity index (χ2n) is 3.94. The Labute approximate surface area is 131 Å². The Morgan fingerprint density at radius 1 is 0.905 bits per heavy atom. The lowest BCUT2D eigenvalue weighted by atomic mass is 10.1. The van der Waals surface area contributed by atoms with Gasteiger partial charge in [-0.15, -0.1) is 0 Å². The van der Waals surface area contributed by atoms with Crippen LogP contribution in [0.15, 0.2) is 36.4 Å². The molecule has 0 amide bonds. The number of aromatic hydroxyl groups is 1. The minimum absolute atomic E-state index is 0.0422. The summed E-state index contributed by atoms with van der Waals surface area (Å²) < 4.78 is 0. The number of aliphatic hydroxyl groups is 1. The van der Waals surface area contributed by atoms with Crippen LogP contribution in [0.4, 0.5) is 0 Å². The lowest BCUT2D eigenvalue weighted by Crippen LogP contribution is -1.91. The van der Waals surface area contributed by atoms with Gasteiger partial charge in [0, 0.05) is 15.6 Å². The summed E-state index contributed by atoms with van der Waals surface area (Å²) in [6.45, 7) is -0.134. The Kier molecular flexibility index (Phi) is 6.88. The molecule has 2 N–H and O–H groups in total. The third-order valence-corrected chi connectivity index (χ3v) is 2.99. The molecule has 0 atom stereocenters. The van der Waals surface area contributed by atoms with E-state index in [1.165, 1.54) is 24.3 Å². The molecule has 0 saturated heterocycles. The summed E-state index contributed by atoms with van der Waals surface area (Å²) in [6, 6.07) is 9.10. The average molecular weight is 327 g/mol. The number of rotatable bonds is 3. The van der Waals surface area contributed by atoms with Crippen molar-refractivity contribution in [3.05, 3.63) is 63.1 Å². The van der Waals surface area contributed by atoms with E-state index in [2.05, 4.69) is 0 Å². The maximum Gasteiger partial charge on any atom is 0.153 e. The molecule has 0 aliphatic carbocycles. The van der Waals surface area contributed by atoms with Gasteiger partial charge >= 0.3 is 0 Å². The third-order valence-electron chi connectivity index (χ3n) is 2.52. The molecule has 0 spiro atoms. The van der Waals surface area contributed by atoms with Crippen LogP contribution in [-0.4, -0.2) is 22.8 Å². The highest BCUT2D eigenvalue weighted by atomic mass is 35.5. The summed E-state index contributed by atoms with van der Waals surface area (Å²) in [5.41, 5.74) is 1.26. The zero-order valence-electron chi connectivity index (χ0n) is 10.8. The molecule has 6 heteroatoms. The van der Waals surface area contributed by atoms with Gasteiger partial charge in [-0.3, -0.25) is 9.59 Å². The van der Waals surface area contributed by atoms with Crippen LogP contribution in [0.5, 0.6) is 5.75 Å². The molecular formula is C15H12Cl2O4. The van der Waals surface area contributed by atoms with Crippen molar-refractivity contribution in [3.8, 4) is 5.75 Å². The van der Waals surface area contributed by atoms with E-state index >= 15 is 0 Å². The number of phenols is 1. The smallest absolute Gasteiger partial charge is 0.153 e. The van der Waals surface area contributed by atoms with Crippen LogP contribution in [0.1, 0.15) is 26.3 Å². The van der Waals surface area contributed by atoms with Gasteiger partial charge in [0.1, 0.15) is 12.0 Å². The molecule has 110 valence electrons. The van der Waals surface area contributed by atoms with E-state index in [1.54, 1.807) is 12.1 Å². The second-order valence-corrected chi connectivity index (χ2v) is 4.81. The quantitative estimate of drug-likeness (QED) is 0.846. The molecule has 0 aromatic heterocycles. The molecule has 2 rings (SSSR count). The van der Waals surface area contributed by atoms with Crippen molar-refractivity contribution >= 4 is 35.8 Å². The molecule has 0 fully saturated rings. The minimum Gasteiger partial charge on any atom is -0.507 e. The highest BCUT2D eigenvalue weighted by Crippen LogP contribution is 2.19. The van der Waals surface area contributed by atoms with Crippen LogP contribution in [0, 0.1) is 0 Å². The number of benzene rings is 2. The van der Waals surface area contributed by atoms with Crippen LogP contribution in [0.25, 0.3) is 0 Å². The summed E-state index contributed by atoms with van der Waals surface area (Å²) in [4.78, 5) is 20.5. The van der Waals surface area contributed by atoms with Crippen LogP contribution in [-0.2, 0) is 6.61 Å². The van der Waals surface area contributed by atoms with Gasteiger partial charge in [-0.2, -0.15) is 0 Å². The number of phenolic OH excluding ortho intramolecular Hbond substituents is 1. The van der Waals surface area contributed by atoms with Gasteiger partial charge in [0.2, 0.25) is 0 Å². The Bertz CT molecular complexity index is 642. The fourth-order valence-electron chi connectivity index (χ4n) is 1.44. The Morgan fingerprint density at radius 3 is 1.90 bits per heavy atom. The zero-order chi connectivity index (χ0) is 15.8. The fraction of sp³-hybridized carbons (Fsp3) is 0.0667. The van der Waals surface area contributed by atoms with E-state index in [1.807, 2.05) is 0 Å². The number of halogens is 2. The van der Waals surface area contributed by atoms with Crippen LogP contribution < -0.4 is 0 Å². The number of aldehydes is 2. The van der Waals surface area contributed by atoms with Crippen LogP contribution in [0.3, 0.4) is 0 Å². The number of hydrogen-bond acceptors (Lipinski definition) is 4. The molecule has 4 nitrogen and oxygen atoms in total. The summed E-state index contributed by atoms with van der Waals surface area (Å²) in [5.74, 6) is -0.0422. The lowest BCUT2D eigenvalue weighted by molar-refractivity contribution is 0.111. The van der Waals surface area contributed by atoms with Gasteiger partial charge in [0.15, 0.2) is 6.29 Å². The SMILES string of the molecule is O=Cc1cc(Cl)ccc1CO.O=Cc1cc(Cl)ccc1O. The molecule has 0 aliphatic heterocycles. The van der Waals surface area contributed by atoms with E-state index in [-0.39, 0.29) is 17.9 Å². The fourth-order valence-corrected chi connectivity index (χ4v) is 1.80. The summed E-state index contributed by atoms with van der Waals surface area (Å²) in [6.07, 6.45) is 1.23. The van der Waals surface area contributed by atoms with Gasteiger partial charge in [-0.1, -0.05) is 29.3 Å². The summed E-state index contributed by atoms with van der Waals surface area (Å²) in [7, 11) is 0. The first-order valence-electron chi connectivity index (χ1n) is 5.80. The second kappa shape index (κ2) is 8.42. The maximum atomic E-state index is 10.4. The van der Waals surface area contributed by atoms with Crippen LogP contribution >= 0.6 is 23.2 Å². The number of carbonyl (C=O) groups is 2. The molecular weight excluding hydrogens is 315 g/mol. The van der Waals surface area contributed by atoms with E-state index in [0.29, 0.717) is 33.7 Å². The third kappa shape index (κ3) is 5.19. The van der Waals surface area contributed by atoms with E-state index in [0.717, 1.165) is 0 Å². The van der Waals surface area contributed by atoms with E-state index < -0.39 is 0 Å². The average Bonchev–Trinajstić information content (AvgIpc) is 2.50. The topological polar surface area (TPSA) is 74.6 Å². The maximum absolute atomic E-state index is 10.4. The molecule has 2 aromatic carbocycles. The number of carbonyl (C=O) groups excluding carboxylic acids is 2. The van der Waals surface area contributed by atoms with Gasteiger partial charge in [-0.05, 0) is 35.9 Å². The molecule has 2 aromatic rings. The predicted octanol–water partition coefficient (Wildman–Crippen LogP) is 3.50. The molecule has 0 aliphatic rings. The normalized spacial score (nSPS) is 9.48. The Balaban J connectivity index is 0.000000211. The zero-order valence-corrected chi connectivity index (χ0v) is 12.3. The molecule has 0 heterocycles. The minimum atomic E-state index is -0.134. The standard InChI is InChI=1S/C8H7ClO2.C7H5ClO2/c9-8-2-1-6(4-10)7(3-8)5-11;8-6-1-2-7(10)5(3-6)4-9/h1-3,5,10H,4H2;1-4,10H. The van der Waals surface area contributed by atoms with Crippen molar-refractivity contribution in [1.82, 2.24) is 0 Å². The lowest BCUT2D eigenvalue weighted by Gasteiger charge is -1.99. The monoisotopic (exact) mass is 326 g/mol. The van der Waals surface area contributed by atoms with E-state index in [4.69, 9.17) is 33.4 Å². The van der Waals surface area contributed by atoms with Gasteiger partial charge in [0.25, 0.3) is 0 Å². The first-order valence-corrected chi connectivity index (χ1v) is 6.55. The molecule has 0 bridgehead atoms. The van der Waals surface area contributed by atoms with Crippen molar-refractivity contribution in [1.29, 1.82) is 0 Å². The van der Waals surface area contributed by atoms with Gasteiger partial charge in [-0.25, -0.2) is 0 Å². The largest absolute Gasteiger partial charge is 0.507 e. The van der Waals surface area contributed by atoms with Gasteiger partial charge < -0.3 is 10.2 Å². The van der Waals surface area contributed by atoms with Crippen molar-refractivity contribution in [2.75, 3.05) is 0 Å².